The third kappa shape index (κ3) is 3.62. The van der Waals surface area contributed by atoms with Crippen LogP contribution in [0.1, 0.15) is 13.3 Å². The van der Waals surface area contributed by atoms with Gasteiger partial charge in [-0.15, -0.1) is 0 Å². The van der Waals surface area contributed by atoms with Crippen LogP contribution in [0.2, 0.25) is 5.02 Å². The number of aryl methyl sites for hydroxylation is 1. The van der Waals surface area contributed by atoms with Gasteiger partial charge in [0.1, 0.15) is 17.1 Å². The summed E-state index contributed by atoms with van der Waals surface area (Å²) in [5.41, 5.74) is 9.11. The summed E-state index contributed by atoms with van der Waals surface area (Å²) in [6.45, 7) is 1.75. The van der Waals surface area contributed by atoms with Crippen molar-refractivity contribution in [1.82, 2.24) is 24.7 Å². The van der Waals surface area contributed by atoms with E-state index < -0.39 is 0 Å². The third-order valence-corrected chi connectivity index (χ3v) is 4.68. The van der Waals surface area contributed by atoms with Crippen molar-refractivity contribution in [2.75, 3.05) is 11.1 Å². The smallest absolute Gasteiger partial charge is 0.225 e. The normalized spacial score (nSPS) is 11.0. The van der Waals surface area contributed by atoms with Crippen LogP contribution in [0.4, 0.5) is 11.6 Å². The maximum atomic E-state index is 11.9. The zero-order chi connectivity index (χ0) is 20.5. The van der Waals surface area contributed by atoms with Crippen molar-refractivity contribution in [2.24, 2.45) is 7.05 Å². The number of nitrogens with one attached hydrogen (secondary N) is 1. The molecule has 0 aliphatic heterocycles. The Morgan fingerprint density at radius 2 is 2.07 bits per heavy atom. The monoisotopic (exact) mass is 407 g/mol. The van der Waals surface area contributed by atoms with E-state index >= 15 is 0 Å². The molecule has 0 fully saturated rings. The Morgan fingerprint density at radius 1 is 1.24 bits per heavy atom. The molecule has 0 radical (unpaired) electrons. The van der Waals surface area contributed by atoms with E-state index in [1.165, 1.54) is 0 Å². The molecule has 9 heteroatoms. The van der Waals surface area contributed by atoms with E-state index in [0.29, 0.717) is 34.0 Å². The summed E-state index contributed by atoms with van der Waals surface area (Å²) in [7, 11) is 1.81. The highest BCUT2D eigenvalue weighted by molar-refractivity contribution is 6.35. The average molecular weight is 408 g/mol. The molecular formula is C20H18ClN7O. The molecule has 0 bridgehead atoms. The van der Waals surface area contributed by atoms with E-state index in [1.54, 1.807) is 30.1 Å². The van der Waals surface area contributed by atoms with Crippen molar-refractivity contribution in [3.63, 3.8) is 0 Å². The van der Waals surface area contributed by atoms with Gasteiger partial charge in [0.05, 0.1) is 10.5 Å². The molecule has 3 heterocycles. The Morgan fingerprint density at radius 3 is 2.79 bits per heavy atom. The number of halogens is 1. The van der Waals surface area contributed by atoms with Gasteiger partial charge in [0.2, 0.25) is 5.91 Å². The number of carbonyl (C=O) groups is 1. The van der Waals surface area contributed by atoms with E-state index in [1.807, 2.05) is 31.3 Å². The van der Waals surface area contributed by atoms with Gasteiger partial charge >= 0.3 is 0 Å². The number of nitrogen functional groups attached to an aromatic ring is 1. The quantitative estimate of drug-likeness (QED) is 0.533. The average Bonchev–Trinajstić information content (AvgIpc) is 3.15. The number of anilines is 2. The molecule has 0 unspecified atom stereocenters. The molecule has 0 saturated heterocycles. The van der Waals surface area contributed by atoms with Gasteiger partial charge < -0.3 is 11.1 Å². The first-order valence-electron chi connectivity index (χ1n) is 8.98. The van der Waals surface area contributed by atoms with Gasteiger partial charge in [-0.3, -0.25) is 14.5 Å². The largest absolute Gasteiger partial charge is 0.381 e. The van der Waals surface area contributed by atoms with Crippen LogP contribution in [0.25, 0.3) is 33.5 Å². The van der Waals surface area contributed by atoms with Crippen LogP contribution in [0.5, 0.6) is 0 Å². The maximum absolute atomic E-state index is 11.9. The summed E-state index contributed by atoms with van der Waals surface area (Å²) < 4.78 is 1.67. The first-order chi connectivity index (χ1) is 14.0. The molecule has 146 valence electrons. The van der Waals surface area contributed by atoms with Crippen molar-refractivity contribution in [1.29, 1.82) is 0 Å². The lowest BCUT2D eigenvalue weighted by Crippen LogP contribution is -2.14. The van der Waals surface area contributed by atoms with Gasteiger partial charge in [-0.2, -0.15) is 5.10 Å². The van der Waals surface area contributed by atoms with Gasteiger partial charge in [-0.1, -0.05) is 24.6 Å². The molecule has 1 aromatic carbocycles. The second-order valence-corrected chi connectivity index (χ2v) is 6.87. The summed E-state index contributed by atoms with van der Waals surface area (Å²) >= 11 is 6.47. The van der Waals surface area contributed by atoms with Crippen LogP contribution in [0.3, 0.4) is 0 Å². The van der Waals surface area contributed by atoms with Crippen LogP contribution < -0.4 is 11.1 Å². The van der Waals surface area contributed by atoms with Crippen LogP contribution >= 0.6 is 11.6 Å². The topological polar surface area (TPSA) is 112 Å². The summed E-state index contributed by atoms with van der Waals surface area (Å²) in [5.74, 6) is 0.113. The van der Waals surface area contributed by atoms with E-state index in [2.05, 4.69) is 25.4 Å². The molecule has 3 aromatic heterocycles. The molecule has 1 amide bonds. The predicted molar refractivity (Wildman–Crippen MR) is 113 cm³/mol. The summed E-state index contributed by atoms with van der Waals surface area (Å²) in [4.78, 5) is 25.3. The Balaban J connectivity index is 1.96. The predicted octanol–water partition coefficient (Wildman–Crippen LogP) is 3.68. The zero-order valence-electron chi connectivity index (χ0n) is 15.8. The van der Waals surface area contributed by atoms with Gasteiger partial charge in [0.15, 0.2) is 11.6 Å². The van der Waals surface area contributed by atoms with Crippen molar-refractivity contribution >= 4 is 40.0 Å². The fourth-order valence-corrected chi connectivity index (χ4v) is 3.24. The summed E-state index contributed by atoms with van der Waals surface area (Å²) in [5, 5.41) is 8.47. The van der Waals surface area contributed by atoms with Crippen LogP contribution in [-0.2, 0) is 11.8 Å². The van der Waals surface area contributed by atoms with Gasteiger partial charge in [0, 0.05) is 36.8 Å². The summed E-state index contributed by atoms with van der Waals surface area (Å²) in [6.07, 6.45) is 3.79. The second kappa shape index (κ2) is 7.48. The molecular weight excluding hydrogens is 390 g/mol. The Bertz CT molecular complexity index is 1230. The standard InChI is InChI=1S/C20H18ClN7O/c1-3-15(29)24-20-19(22)25-18(14-6-8-28(2)27-14)17(26-20)12-9-11-5-4-7-23-16(11)13(21)10-12/h4-10H,3H2,1-2H3,(H2,22,25)(H,24,26,29). The molecule has 4 rings (SSSR count). The molecule has 4 aromatic rings. The number of hydrogen-bond donors (Lipinski definition) is 2. The number of rotatable bonds is 4. The minimum atomic E-state index is -0.205. The first kappa shape index (κ1) is 18.8. The fraction of sp³-hybridized carbons (Fsp3) is 0.150. The molecule has 0 atom stereocenters. The molecule has 0 aliphatic rings. The zero-order valence-corrected chi connectivity index (χ0v) is 16.6. The second-order valence-electron chi connectivity index (χ2n) is 6.46. The lowest BCUT2D eigenvalue weighted by Gasteiger charge is -2.13. The van der Waals surface area contributed by atoms with Gasteiger partial charge in [-0.05, 0) is 24.3 Å². The lowest BCUT2D eigenvalue weighted by molar-refractivity contribution is -0.115. The maximum Gasteiger partial charge on any atom is 0.225 e. The Labute approximate surface area is 171 Å². The van der Waals surface area contributed by atoms with Crippen LogP contribution in [0, 0.1) is 0 Å². The van der Waals surface area contributed by atoms with E-state index in [-0.39, 0.29) is 17.5 Å². The van der Waals surface area contributed by atoms with Crippen LogP contribution in [-0.4, -0.2) is 30.6 Å². The third-order valence-electron chi connectivity index (χ3n) is 4.39. The molecule has 0 saturated carbocycles. The number of fused-ring (bicyclic) bond motifs is 1. The highest BCUT2D eigenvalue weighted by Crippen LogP contribution is 2.35. The number of carbonyl (C=O) groups excluding carboxylic acids is 1. The van der Waals surface area contributed by atoms with Crippen molar-refractivity contribution in [3.05, 3.63) is 47.7 Å². The Kier molecular flexibility index (Phi) is 4.85. The highest BCUT2D eigenvalue weighted by Gasteiger charge is 2.19. The van der Waals surface area contributed by atoms with Crippen molar-refractivity contribution < 1.29 is 4.79 Å². The number of amides is 1. The fourth-order valence-electron chi connectivity index (χ4n) is 2.97. The number of hydrogen-bond acceptors (Lipinski definition) is 6. The van der Waals surface area contributed by atoms with Crippen molar-refractivity contribution in [2.45, 2.75) is 13.3 Å². The van der Waals surface area contributed by atoms with E-state index in [0.717, 1.165) is 10.9 Å². The highest BCUT2D eigenvalue weighted by atomic mass is 35.5. The number of pyridine rings is 1. The molecule has 0 aliphatic carbocycles. The number of benzene rings is 1. The molecule has 29 heavy (non-hydrogen) atoms. The minimum Gasteiger partial charge on any atom is -0.381 e. The Hall–Kier alpha value is -3.52. The van der Waals surface area contributed by atoms with Gasteiger partial charge in [0.25, 0.3) is 0 Å². The van der Waals surface area contributed by atoms with Crippen molar-refractivity contribution in [3.8, 4) is 22.6 Å². The number of nitrogens with two attached hydrogens (primary N) is 1. The SMILES string of the molecule is CCC(=O)Nc1nc(-c2cc(Cl)c3ncccc3c2)c(-c2ccn(C)n2)nc1N. The molecule has 0 spiro atoms. The number of nitrogens with zero attached hydrogens (tertiary/aromatic N) is 5. The lowest BCUT2D eigenvalue weighted by atomic mass is 10.0. The molecule has 8 nitrogen and oxygen atoms in total. The van der Waals surface area contributed by atoms with E-state index in [4.69, 9.17) is 17.3 Å². The van der Waals surface area contributed by atoms with E-state index in [9.17, 15) is 4.79 Å². The van der Waals surface area contributed by atoms with Crippen LogP contribution in [0.15, 0.2) is 42.7 Å². The van der Waals surface area contributed by atoms with Gasteiger partial charge in [-0.25, -0.2) is 9.97 Å². The number of aromatic nitrogens is 5. The first-order valence-corrected chi connectivity index (χ1v) is 9.36. The minimum absolute atomic E-state index is 0.116. The summed E-state index contributed by atoms with van der Waals surface area (Å²) in [6, 6.07) is 9.27. The molecule has 3 N–H and O–H groups in total.